The van der Waals surface area contributed by atoms with Crippen molar-refractivity contribution in [2.24, 2.45) is 5.41 Å². The van der Waals surface area contributed by atoms with E-state index in [0.29, 0.717) is 13.0 Å². The Morgan fingerprint density at radius 3 is 2.38 bits per heavy atom. The first-order chi connectivity index (χ1) is 5.85. The molecule has 0 bridgehead atoms. The summed E-state index contributed by atoms with van der Waals surface area (Å²) in [6.07, 6.45) is 0.135. The van der Waals surface area contributed by atoms with Crippen LogP contribution in [0.15, 0.2) is 0 Å². The van der Waals surface area contributed by atoms with Gasteiger partial charge in [0.25, 0.3) is 0 Å². The summed E-state index contributed by atoms with van der Waals surface area (Å²) in [6.45, 7) is 8.22. The lowest BCUT2D eigenvalue weighted by atomic mass is 9.88. The fraction of sp³-hybridized carbons (Fsp3) is 0.900. The van der Waals surface area contributed by atoms with Crippen molar-refractivity contribution in [1.29, 1.82) is 0 Å². The van der Waals surface area contributed by atoms with E-state index in [-0.39, 0.29) is 17.8 Å². The van der Waals surface area contributed by atoms with E-state index in [2.05, 4.69) is 0 Å². The minimum Gasteiger partial charge on any atom is -0.466 e. The number of carbonyl (C=O) groups is 1. The molecule has 0 aliphatic heterocycles. The lowest BCUT2D eigenvalue weighted by molar-refractivity contribution is -0.145. The number of rotatable bonds is 4. The van der Waals surface area contributed by atoms with Crippen molar-refractivity contribution < 1.29 is 14.6 Å². The first-order valence-electron chi connectivity index (χ1n) is 4.69. The summed E-state index contributed by atoms with van der Waals surface area (Å²) in [4.78, 5) is 11.0. The Morgan fingerprint density at radius 2 is 2.00 bits per heavy atom. The fourth-order valence-corrected chi connectivity index (χ4v) is 1.19. The maximum absolute atomic E-state index is 11.0. The van der Waals surface area contributed by atoms with Gasteiger partial charge in [-0.15, -0.1) is 0 Å². The summed E-state index contributed by atoms with van der Waals surface area (Å²) in [6, 6.07) is 0. The SMILES string of the molecule is CCOC(=O)CC(O)CC(C)(C)C. The van der Waals surface area contributed by atoms with Crippen LogP contribution in [0, 0.1) is 5.41 Å². The van der Waals surface area contributed by atoms with Crippen LogP contribution in [0.3, 0.4) is 0 Å². The lowest BCUT2D eigenvalue weighted by Crippen LogP contribution is -2.21. The molecule has 0 aromatic heterocycles. The first-order valence-corrected chi connectivity index (χ1v) is 4.69. The number of ether oxygens (including phenoxy) is 1. The Kier molecular flexibility index (Phi) is 4.99. The van der Waals surface area contributed by atoms with Gasteiger partial charge in [-0.2, -0.15) is 0 Å². The van der Waals surface area contributed by atoms with Crippen LogP contribution in [0.2, 0.25) is 0 Å². The van der Waals surface area contributed by atoms with Gasteiger partial charge in [-0.25, -0.2) is 0 Å². The zero-order valence-electron chi connectivity index (χ0n) is 8.96. The predicted molar refractivity (Wildman–Crippen MR) is 51.3 cm³/mol. The molecule has 13 heavy (non-hydrogen) atoms. The van der Waals surface area contributed by atoms with Crippen LogP contribution in [0.25, 0.3) is 0 Å². The van der Waals surface area contributed by atoms with Gasteiger partial charge < -0.3 is 9.84 Å². The van der Waals surface area contributed by atoms with Gasteiger partial charge in [-0.1, -0.05) is 20.8 Å². The molecule has 0 aromatic rings. The number of carbonyl (C=O) groups excluding carboxylic acids is 1. The van der Waals surface area contributed by atoms with Crippen LogP contribution in [-0.2, 0) is 9.53 Å². The Balaban J connectivity index is 3.74. The lowest BCUT2D eigenvalue weighted by Gasteiger charge is -2.21. The highest BCUT2D eigenvalue weighted by atomic mass is 16.5. The van der Waals surface area contributed by atoms with E-state index in [1.807, 2.05) is 20.8 Å². The molecular weight excluding hydrogens is 168 g/mol. The van der Waals surface area contributed by atoms with Gasteiger partial charge in [0.2, 0.25) is 0 Å². The van der Waals surface area contributed by atoms with Crippen molar-refractivity contribution >= 4 is 5.97 Å². The van der Waals surface area contributed by atoms with Gasteiger partial charge in [0.15, 0.2) is 0 Å². The highest BCUT2D eigenvalue weighted by Crippen LogP contribution is 2.22. The minimum atomic E-state index is -0.584. The molecule has 1 unspecified atom stereocenters. The normalized spacial score (nSPS) is 13.9. The Labute approximate surface area is 80.1 Å². The Morgan fingerprint density at radius 1 is 1.46 bits per heavy atom. The highest BCUT2D eigenvalue weighted by Gasteiger charge is 2.19. The molecule has 0 fully saturated rings. The zero-order chi connectivity index (χ0) is 10.5. The molecule has 78 valence electrons. The third-order valence-electron chi connectivity index (χ3n) is 1.56. The Hall–Kier alpha value is -0.570. The number of aliphatic hydroxyl groups excluding tert-OH is 1. The van der Waals surface area contributed by atoms with Crippen molar-refractivity contribution in [3.8, 4) is 0 Å². The van der Waals surface area contributed by atoms with Crippen molar-refractivity contribution in [3.63, 3.8) is 0 Å². The molecule has 0 saturated heterocycles. The van der Waals surface area contributed by atoms with Gasteiger partial charge in [0, 0.05) is 0 Å². The van der Waals surface area contributed by atoms with Crippen LogP contribution in [-0.4, -0.2) is 23.8 Å². The third kappa shape index (κ3) is 7.78. The van der Waals surface area contributed by atoms with Gasteiger partial charge in [0.1, 0.15) is 0 Å². The maximum atomic E-state index is 11.0. The van der Waals surface area contributed by atoms with Crippen LogP contribution < -0.4 is 0 Å². The summed E-state index contributed by atoms with van der Waals surface area (Å²) < 4.78 is 4.73. The number of esters is 1. The summed E-state index contributed by atoms with van der Waals surface area (Å²) in [5.74, 6) is -0.320. The first kappa shape index (κ1) is 12.4. The smallest absolute Gasteiger partial charge is 0.308 e. The molecule has 3 nitrogen and oxygen atoms in total. The van der Waals surface area contributed by atoms with E-state index in [1.54, 1.807) is 6.92 Å². The average molecular weight is 188 g/mol. The molecule has 0 amide bonds. The molecule has 0 aromatic carbocycles. The summed E-state index contributed by atoms with van der Waals surface area (Å²) in [5, 5.41) is 9.48. The molecule has 0 aliphatic carbocycles. The van der Waals surface area contributed by atoms with E-state index in [0.717, 1.165) is 0 Å². The average Bonchev–Trinajstić information content (AvgIpc) is 1.81. The quantitative estimate of drug-likeness (QED) is 0.683. The van der Waals surface area contributed by atoms with E-state index in [4.69, 9.17) is 4.74 Å². The second kappa shape index (κ2) is 5.22. The van der Waals surface area contributed by atoms with Crippen molar-refractivity contribution in [2.45, 2.75) is 46.6 Å². The standard InChI is InChI=1S/C10H20O3/c1-5-13-9(12)6-8(11)7-10(2,3)4/h8,11H,5-7H2,1-4H3. The molecule has 1 atom stereocenters. The number of hydrogen-bond acceptors (Lipinski definition) is 3. The number of aliphatic hydroxyl groups is 1. The largest absolute Gasteiger partial charge is 0.466 e. The summed E-state index contributed by atoms with van der Waals surface area (Å²) in [5.41, 5.74) is 0.0475. The molecule has 0 radical (unpaired) electrons. The van der Waals surface area contributed by atoms with Crippen molar-refractivity contribution in [2.75, 3.05) is 6.61 Å². The molecule has 0 aliphatic rings. The van der Waals surface area contributed by atoms with E-state index < -0.39 is 6.10 Å². The highest BCUT2D eigenvalue weighted by molar-refractivity contribution is 5.69. The van der Waals surface area contributed by atoms with Gasteiger partial charge in [-0.05, 0) is 18.8 Å². The van der Waals surface area contributed by atoms with Gasteiger partial charge in [0.05, 0.1) is 19.1 Å². The summed E-state index contributed by atoms with van der Waals surface area (Å²) >= 11 is 0. The van der Waals surface area contributed by atoms with Crippen molar-refractivity contribution in [1.82, 2.24) is 0 Å². The molecule has 0 heterocycles. The molecule has 0 saturated carbocycles. The monoisotopic (exact) mass is 188 g/mol. The second-order valence-corrected chi connectivity index (χ2v) is 4.43. The molecule has 3 heteroatoms. The molecule has 0 rings (SSSR count). The van der Waals surface area contributed by atoms with Crippen LogP contribution >= 0.6 is 0 Å². The van der Waals surface area contributed by atoms with Crippen LogP contribution in [0.1, 0.15) is 40.5 Å². The van der Waals surface area contributed by atoms with Gasteiger partial charge >= 0.3 is 5.97 Å². The summed E-state index contributed by atoms with van der Waals surface area (Å²) in [7, 11) is 0. The molecule has 0 spiro atoms. The van der Waals surface area contributed by atoms with Crippen molar-refractivity contribution in [3.05, 3.63) is 0 Å². The van der Waals surface area contributed by atoms with Crippen LogP contribution in [0.5, 0.6) is 0 Å². The van der Waals surface area contributed by atoms with Crippen LogP contribution in [0.4, 0.5) is 0 Å². The topological polar surface area (TPSA) is 46.5 Å². The van der Waals surface area contributed by atoms with E-state index >= 15 is 0 Å². The Bertz CT molecular complexity index is 158. The minimum absolute atomic E-state index is 0.0475. The molecule has 1 N–H and O–H groups in total. The second-order valence-electron chi connectivity index (χ2n) is 4.43. The number of hydrogen-bond donors (Lipinski definition) is 1. The third-order valence-corrected chi connectivity index (χ3v) is 1.56. The molecular formula is C10H20O3. The predicted octanol–water partition coefficient (Wildman–Crippen LogP) is 1.74. The fourth-order valence-electron chi connectivity index (χ4n) is 1.19. The van der Waals surface area contributed by atoms with Gasteiger partial charge in [-0.3, -0.25) is 4.79 Å². The maximum Gasteiger partial charge on any atom is 0.308 e. The van der Waals surface area contributed by atoms with E-state index in [1.165, 1.54) is 0 Å². The zero-order valence-corrected chi connectivity index (χ0v) is 8.96. The van der Waals surface area contributed by atoms with E-state index in [9.17, 15) is 9.90 Å².